The third kappa shape index (κ3) is 4.33. The fraction of sp³-hybridized carbons (Fsp3) is 0.364. The predicted octanol–water partition coefficient (Wildman–Crippen LogP) is 4.85. The molecule has 4 nitrogen and oxygen atoms in total. The molecule has 0 heterocycles. The molecule has 1 N–H and O–H groups in total. The molecule has 2 aromatic carbocycles. The van der Waals surface area contributed by atoms with Crippen LogP contribution >= 0.6 is 11.6 Å². The molecular weight excluding hydrogens is 362 g/mol. The number of amides is 1. The van der Waals surface area contributed by atoms with Crippen LogP contribution in [0.2, 0.25) is 5.02 Å². The summed E-state index contributed by atoms with van der Waals surface area (Å²) in [5.41, 5.74) is 1.92. The number of esters is 1. The van der Waals surface area contributed by atoms with Gasteiger partial charge in [-0.3, -0.25) is 9.59 Å². The van der Waals surface area contributed by atoms with E-state index in [-0.39, 0.29) is 23.9 Å². The van der Waals surface area contributed by atoms with E-state index in [9.17, 15) is 9.59 Å². The van der Waals surface area contributed by atoms with Gasteiger partial charge in [0.05, 0.1) is 5.41 Å². The molecule has 142 valence electrons. The Morgan fingerprint density at radius 1 is 1.07 bits per heavy atom. The molecule has 1 saturated carbocycles. The molecule has 0 spiro atoms. The van der Waals surface area contributed by atoms with Crippen molar-refractivity contribution < 1.29 is 14.3 Å². The molecule has 2 aromatic rings. The Morgan fingerprint density at radius 2 is 1.70 bits per heavy atom. The molecule has 0 atom stereocenters. The van der Waals surface area contributed by atoms with Gasteiger partial charge >= 0.3 is 5.97 Å². The lowest BCUT2D eigenvalue weighted by molar-refractivity contribution is -0.150. The summed E-state index contributed by atoms with van der Waals surface area (Å²) in [6.45, 7) is 5.95. The average molecular weight is 386 g/mol. The van der Waals surface area contributed by atoms with Crippen molar-refractivity contribution in [1.82, 2.24) is 0 Å². The van der Waals surface area contributed by atoms with Gasteiger partial charge in [0, 0.05) is 10.7 Å². The summed E-state index contributed by atoms with van der Waals surface area (Å²) in [5, 5.41) is 3.48. The van der Waals surface area contributed by atoms with Gasteiger partial charge in [0.1, 0.15) is 0 Å². The van der Waals surface area contributed by atoms with Crippen LogP contribution < -0.4 is 5.32 Å². The second kappa shape index (κ2) is 7.35. The number of hydrogen-bond acceptors (Lipinski definition) is 3. The van der Waals surface area contributed by atoms with Crippen LogP contribution in [0.3, 0.4) is 0 Å². The molecule has 0 aromatic heterocycles. The first-order valence-corrected chi connectivity index (χ1v) is 9.43. The maximum atomic E-state index is 12.6. The normalized spacial score (nSPS) is 15.1. The highest BCUT2D eigenvalue weighted by molar-refractivity contribution is 6.30. The molecule has 1 amide bonds. The van der Waals surface area contributed by atoms with E-state index < -0.39 is 5.41 Å². The van der Waals surface area contributed by atoms with E-state index in [1.807, 2.05) is 36.4 Å². The lowest BCUT2D eigenvalue weighted by Gasteiger charge is -2.23. The van der Waals surface area contributed by atoms with Crippen molar-refractivity contribution in [2.24, 2.45) is 0 Å². The SMILES string of the molecule is CC(C)(C)c1ccccc1NC(=O)COC(=O)C1(c2ccc(Cl)cc2)CC1. The topological polar surface area (TPSA) is 55.4 Å². The molecule has 0 radical (unpaired) electrons. The van der Waals surface area contributed by atoms with Crippen molar-refractivity contribution in [2.75, 3.05) is 11.9 Å². The minimum atomic E-state index is -0.631. The Morgan fingerprint density at radius 3 is 2.30 bits per heavy atom. The third-order valence-electron chi connectivity index (χ3n) is 4.88. The number of halogens is 1. The van der Waals surface area contributed by atoms with E-state index in [2.05, 4.69) is 26.1 Å². The monoisotopic (exact) mass is 385 g/mol. The summed E-state index contributed by atoms with van der Waals surface area (Å²) in [7, 11) is 0. The molecule has 1 aliphatic carbocycles. The predicted molar refractivity (Wildman–Crippen MR) is 107 cm³/mol. The number of carbonyl (C=O) groups excluding carboxylic acids is 2. The standard InChI is InChI=1S/C22H24ClNO3/c1-21(2,3)17-6-4-5-7-18(17)24-19(25)14-27-20(26)22(12-13-22)15-8-10-16(23)11-9-15/h4-11H,12-14H2,1-3H3,(H,24,25). The molecule has 0 aliphatic heterocycles. The highest BCUT2D eigenvalue weighted by Gasteiger charge is 2.52. The molecule has 1 fully saturated rings. The zero-order chi connectivity index (χ0) is 19.7. The largest absolute Gasteiger partial charge is 0.455 e. The van der Waals surface area contributed by atoms with Crippen LogP contribution in [0.15, 0.2) is 48.5 Å². The lowest BCUT2D eigenvalue weighted by Crippen LogP contribution is -2.28. The van der Waals surface area contributed by atoms with Crippen LogP contribution in [0.4, 0.5) is 5.69 Å². The number of nitrogens with one attached hydrogen (secondary N) is 1. The van der Waals surface area contributed by atoms with E-state index in [0.29, 0.717) is 5.02 Å². The zero-order valence-corrected chi connectivity index (χ0v) is 16.6. The first kappa shape index (κ1) is 19.4. The van der Waals surface area contributed by atoms with Gasteiger partial charge in [-0.05, 0) is 47.6 Å². The molecule has 3 rings (SSSR count). The number of benzene rings is 2. The molecular formula is C22H24ClNO3. The summed E-state index contributed by atoms with van der Waals surface area (Å²) < 4.78 is 5.33. The van der Waals surface area contributed by atoms with E-state index >= 15 is 0 Å². The molecule has 1 aliphatic rings. The summed E-state index contributed by atoms with van der Waals surface area (Å²) in [6, 6.07) is 14.9. The average Bonchev–Trinajstić information content (AvgIpc) is 3.42. The Kier molecular flexibility index (Phi) is 5.29. The first-order chi connectivity index (χ1) is 12.7. The summed E-state index contributed by atoms with van der Waals surface area (Å²) in [6.07, 6.45) is 1.45. The number of carbonyl (C=O) groups is 2. The van der Waals surface area contributed by atoms with E-state index in [4.69, 9.17) is 16.3 Å². The van der Waals surface area contributed by atoms with Crippen molar-refractivity contribution >= 4 is 29.2 Å². The third-order valence-corrected chi connectivity index (χ3v) is 5.13. The first-order valence-electron chi connectivity index (χ1n) is 9.05. The van der Waals surface area contributed by atoms with Crippen LogP contribution in [0.1, 0.15) is 44.7 Å². The number of hydrogen-bond donors (Lipinski definition) is 1. The van der Waals surface area contributed by atoms with Gasteiger partial charge < -0.3 is 10.1 Å². The van der Waals surface area contributed by atoms with Crippen molar-refractivity contribution in [2.45, 2.75) is 44.4 Å². The Bertz CT molecular complexity index is 849. The van der Waals surface area contributed by atoms with Crippen LogP contribution in [0.25, 0.3) is 0 Å². The minimum Gasteiger partial charge on any atom is -0.455 e. The lowest BCUT2D eigenvalue weighted by atomic mass is 9.86. The molecule has 27 heavy (non-hydrogen) atoms. The summed E-state index contributed by atoms with van der Waals surface area (Å²) in [5.74, 6) is -0.698. The molecule has 0 saturated heterocycles. The van der Waals surface area contributed by atoms with Gasteiger partial charge in [-0.25, -0.2) is 0 Å². The maximum absolute atomic E-state index is 12.6. The quantitative estimate of drug-likeness (QED) is 0.748. The fourth-order valence-electron chi connectivity index (χ4n) is 3.21. The van der Waals surface area contributed by atoms with Gasteiger partial charge in [-0.1, -0.05) is 62.7 Å². The van der Waals surface area contributed by atoms with Crippen LogP contribution in [-0.4, -0.2) is 18.5 Å². The van der Waals surface area contributed by atoms with Gasteiger partial charge in [0.15, 0.2) is 6.61 Å². The molecule has 0 bridgehead atoms. The van der Waals surface area contributed by atoms with Crippen LogP contribution in [0.5, 0.6) is 0 Å². The number of para-hydroxylation sites is 1. The van der Waals surface area contributed by atoms with Gasteiger partial charge in [-0.15, -0.1) is 0 Å². The van der Waals surface area contributed by atoms with Crippen molar-refractivity contribution in [3.05, 3.63) is 64.7 Å². The Balaban J connectivity index is 1.62. The second-order valence-corrected chi connectivity index (χ2v) is 8.45. The van der Waals surface area contributed by atoms with Gasteiger partial charge in [0.2, 0.25) is 0 Å². The Labute approximate surface area is 164 Å². The van der Waals surface area contributed by atoms with Crippen molar-refractivity contribution in [1.29, 1.82) is 0 Å². The van der Waals surface area contributed by atoms with Crippen LogP contribution in [0, 0.1) is 0 Å². The minimum absolute atomic E-state index is 0.104. The highest BCUT2D eigenvalue weighted by atomic mass is 35.5. The number of ether oxygens (including phenoxy) is 1. The van der Waals surface area contributed by atoms with Crippen molar-refractivity contribution in [3.8, 4) is 0 Å². The number of anilines is 1. The smallest absolute Gasteiger partial charge is 0.317 e. The van der Waals surface area contributed by atoms with Crippen molar-refractivity contribution in [3.63, 3.8) is 0 Å². The maximum Gasteiger partial charge on any atom is 0.317 e. The van der Waals surface area contributed by atoms with Gasteiger partial charge in [-0.2, -0.15) is 0 Å². The Hall–Kier alpha value is -2.33. The highest BCUT2D eigenvalue weighted by Crippen LogP contribution is 2.49. The summed E-state index contributed by atoms with van der Waals surface area (Å²) in [4.78, 5) is 24.9. The van der Waals surface area contributed by atoms with Gasteiger partial charge in [0.25, 0.3) is 5.91 Å². The number of rotatable bonds is 5. The van der Waals surface area contributed by atoms with E-state index in [1.165, 1.54) is 0 Å². The summed E-state index contributed by atoms with van der Waals surface area (Å²) >= 11 is 5.92. The van der Waals surface area contributed by atoms with E-state index in [0.717, 1.165) is 29.7 Å². The van der Waals surface area contributed by atoms with E-state index in [1.54, 1.807) is 12.1 Å². The molecule has 5 heteroatoms. The van der Waals surface area contributed by atoms with Crippen LogP contribution in [-0.2, 0) is 25.2 Å². The zero-order valence-electron chi connectivity index (χ0n) is 15.8. The molecule has 0 unspecified atom stereocenters. The second-order valence-electron chi connectivity index (χ2n) is 8.01. The fourth-order valence-corrected chi connectivity index (χ4v) is 3.33.